The maximum Gasteiger partial charge on any atom is 0.221 e. The Morgan fingerprint density at radius 3 is 2.94 bits per heavy atom. The van der Waals surface area contributed by atoms with E-state index >= 15 is 0 Å². The molecule has 1 rings (SSSR count). The minimum absolute atomic E-state index is 0.123. The lowest BCUT2D eigenvalue weighted by Crippen LogP contribution is -2.44. The predicted octanol–water partition coefficient (Wildman–Crippen LogP) is 2.02. The van der Waals surface area contributed by atoms with E-state index in [4.69, 9.17) is 9.68 Å². The number of carbonyl (C=O) groups excluding carboxylic acids is 1. The van der Waals surface area contributed by atoms with Crippen LogP contribution in [0.4, 0.5) is 0 Å². The summed E-state index contributed by atoms with van der Waals surface area (Å²) in [5.74, 6) is 0.660. The van der Waals surface area contributed by atoms with Crippen LogP contribution in [0.25, 0.3) is 0 Å². The number of nitrogens with one attached hydrogen (secondary N) is 1. The average Bonchev–Trinajstić information content (AvgIpc) is 2.79. The molecular weight excluding hydrogens is 204 g/mol. The van der Waals surface area contributed by atoms with E-state index in [0.717, 1.165) is 5.76 Å². The van der Waals surface area contributed by atoms with Crippen molar-refractivity contribution in [2.75, 3.05) is 0 Å². The summed E-state index contributed by atoms with van der Waals surface area (Å²) in [6, 6.07) is 5.72. The Morgan fingerprint density at radius 1 is 1.69 bits per heavy atom. The zero-order valence-corrected chi connectivity index (χ0v) is 9.62. The first-order chi connectivity index (χ1) is 7.59. The number of carbonyl (C=O) groups is 1. The fourth-order valence-electron chi connectivity index (χ4n) is 1.26. The molecule has 16 heavy (non-hydrogen) atoms. The maximum atomic E-state index is 11.6. The van der Waals surface area contributed by atoms with Gasteiger partial charge in [-0.2, -0.15) is 5.26 Å². The zero-order valence-electron chi connectivity index (χ0n) is 9.62. The van der Waals surface area contributed by atoms with Gasteiger partial charge in [0.25, 0.3) is 0 Å². The van der Waals surface area contributed by atoms with Crippen LogP contribution in [0.15, 0.2) is 22.8 Å². The summed E-state index contributed by atoms with van der Waals surface area (Å²) in [5.41, 5.74) is -0.764. The molecule has 1 amide bonds. The van der Waals surface area contributed by atoms with E-state index in [1.54, 1.807) is 19.3 Å². The number of furan rings is 1. The summed E-state index contributed by atoms with van der Waals surface area (Å²) >= 11 is 0. The van der Waals surface area contributed by atoms with Crippen molar-refractivity contribution < 1.29 is 9.21 Å². The van der Waals surface area contributed by atoms with E-state index in [2.05, 4.69) is 11.4 Å². The molecular formula is C12H16N2O2. The lowest BCUT2D eigenvalue weighted by molar-refractivity contribution is -0.122. The van der Waals surface area contributed by atoms with Crippen LogP contribution < -0.4 is 5.32 Å². The molecule has 0 aliphatic heterocycles. The van der Waals surface area contributed by atoms with Crippen molar-refractivity contribution in [2.24, 2.45) is 0 Å². The van der Waals surface area contributed by atoms with Gasteiger partial charge in [-0.05, 0) is 25.5 Å². The van der Waals surface area contributed by atoms with Crippen LogP contribution in [0, 0.1) is 11.3 Å². The largest absolute Gasteiger partial charge is 0.469 e. The summed E-state index contributed by atoms with van der Waals surface area (Å²) in [5, 5.41) is 11.6. The number of rotatable bonds is 5. The number of aryl methyl sites for hydroxylation is 1. The van der Waals surface area contributed by atoms with Crippen molar-refractivity contribution >= 4 is 5.91 Å². The number of nitrogens with zero attached hydrogens (tertiary/aromatic N) is 1. The van der Waals surface area contributed by atoms with Crippen LogP contribution in [0.5, 0.6) is 0 Å². The Balaban J connectivity index is 2.40. The second-order valence-electron chi connectivity index (χ2n) is 3.93. The van der Waals surface area contributed by atoms with Crippen molar-refractivity contribution in [3.05, 3.63) is 24.2 Å². The molecule has 1 N–H and O–H groups in total. The average molecular weight is 220 g/mol. The summed E-state index contributed by atoms with van der Waals surface area (Å²) in [6.45, 7) is 3.59. The minimum atomic E-state index is -0.764. The number of hydrogen-bond donors (Lipinski definition) is 1. The molecule has 0 saturated heterocycles. The number of nitriles is 1. The van der Waals surface area contributed by atoms with Gasteiger partial charge in [-0.15, -0.1) is 0 Å². The van der Waals surface area contributed by atoms with Gasteiger partial charge in [0.05, 0.1) is 12.3 Å². The van der Waals surface area contributed by atoms with Gasteiger partial charge in [0, 0.05) is 12.8 Å². The van der Waals surface area contributed by atoms with E-state index in [0.29, 0.717) is 19.3 Å². The van der Waals surface area contributed by atoms with Crippen LogP contribution in [0.2, 0.25) is 0 Å². The fraction of sp³-hybridized carbons (Fsp3) is 0.500. The molecule has 0 bridgehead atoms. The topological polar surface area (TPSA) is 66.0 Å². The van der Waals surface area contributed by atoms with Gasteiger partial charge < -0.3 is 9.73 Å². The number of hydrogen-bond acceptors (Lipinski definition) is 3. The van der Waals surface area contributed by atoms with Gasteiger partial charge in [-0.3, -0.25) is 4.79 Å². The summed E-state index contributed by atoms with van der Waals surface area (Å²) in [6.07, 6.45) is 3.07. The van der Waals surface area contributed by atoms with Crippen molar-refractivity contribution in [3.63, 3.8) is 0 Å². The molecule has 0 saturated carbocycles. The van der Waals surface area contributed by atoms with Crippen molar-refractivity contribution in [1.29, 1.82) is 5.26 Å². The SMILES string of the molecule is CCC(C)(C#N)NC(=O)CCc1ccco1. The van der Waals surface area contributed by atoms with Crippen molar-refractivity contribution in [1.82, 2.24) is 5.32 Å². The lowest BCUT2D eigenvalue weighted by Gasteiger charge is -2.20. The first-order valence-corrected chi connectivity index (χ1v) is 5.34. The van der Waals surface area contributed by atoms with Gasteiger partial charge >= 0.3 is 0 Å². The predicted molar refractivity (Wildman–Crippen MR) is 59.5 cm³/mol. The fourth-order valence-corrected chi connectivity index (χ4v) is 1.26. The Morgan fingerprint density at radius 2 is 2.44 bits per heavy atom. The van der Waals surface area contributed by atoms with Crippen LogP contribution in [-0.2, 0) is 11.2 Å². The molecule has 0 aromatic carbocycles. The molecule has 0 spiro atoms. The molecule has 86 valence electrons. The number of amides is 1. The molecule has 1 atom stereocenters. The highest BCUT2D eigenvalue weighted by molar-refractivity contribution is 5.77. The third-order valence-electron chi connectivity index (χ3n) is 2.55. The van der Waals surface area contributed by atoms with E-state index in [1.165, 1.54) is 0 Å². The first-order valence-electron chi connectivity index (χ1n) is 5.34. The van der Waals surface area contributed by atoms with Gasteiger partial charge in [0.2, 0.25) is 5.91 Å². The molecule has 4 heteroatoms. The molecule has 0 radical (unpaired) electrons. The molecule has 1 aromatic rings. The van der Waals surface area contributed by atoms with Crippen molar-refractivity contribution in [2.45, 2.75) is 38.6 Å². The molecule has 1 heterocycles. The molecule has 0 fully saturated rings. The van der Waals surface area contributed by atoms with Crippen LogP contribution in [-0.4, -0.2) is 11.4 Å². The third-order valence-corrected chi connectivity index (χ3v) is 2.55. The first kappa shape index (κ1) is 12.3. The molecule has 0 aliphatic carbocycles. The summed E-state index contributed by atoms with van der Waals surface area (Å²) in [7, 11) is 0. The monoisotopic (exact) mass is 220 g/mol. The summed E-state index contributed by atoms with van der Waals surface area (Å²) in [4.78, 5) is 11.6. The second kappa shape index (κ2) is 5.36. The molecule has 4 nitrogen and oxygen atoms in total. The smallest absolute Gasteiger partial charge is 0.221 e. The Labute approximate surface area is 95.2 Å². The highest BCUT2D eigenvalue weighted by atomic mass is 16.3. The van der Waals surface area contributed by atoms with Gasteiger partial charge in [0.15, 0.2) is 0 Å². The van der Waals surface area contributed by atoms with Crippen molar-refractivity contribution in [3.8, 4) is 6.07 Å². The van der Waals surface area contributed by atoms with Crippen LogP contribution in [0.1, 0.15) is 32.4 Å². The minimum Gasteiger partial charge on any atom is -0.469 e. The zero-order chi connectivity index (χ0) is 12.0. The van der Waals surface area contributed by atoms with E-state index in [9.17, 15) is 4.79 Å². The highest BCUT2D eigenvalue weighted by Gasteiger charge is 2.23. The quantitative estimate of drug-likeness (QED) is 0.825. The Hall–Kier alpha value is -1.76. The summed E-state index contributed by atoms with van der Waals surface area (Å²) < 4.78 is 5.12. The van der Waals surface area contributed by atoms with E-state index in [-0.39, 0.29) is 5.91 Å². The lowest BCUT2D eigenvalue weighted by atomic mass is 10.0. The Bertz CT molecular complexity index is 378. The molecule has 1 aromatic heterocycles. The van der Waals surface area contributed by atoms with E-state index in [1.807, 2.05) is 13.0 Å². The van der Waals surface area contributed by atoms with Crippen LogP contribution in [0.3, 0.4) is 0 Å². The normalized spacial score (nSPS) is 13.8. The van der Waals surface area contributed by atoms with Gasteiger partial charge in [-0.25, -0.2) is 0 Å². The van der Waals surface area contributed by atoms with Gasteiger partial charge in [-0.1, -0.05) is 6.92 Å². The Kier molecular flexibility index (Phi) is 4.12. The van der Waals surface area contributed by atoms with Crippen LogP contribution >= 0.6 is 0 Å². The second-order valence-corrected chi connectivity index (χ2v) is 3.93. The standard InChI is InChI=1S/C12H16N2O2/c1-3-12(2,9-13)14-11(15)7-6-10-5-4-8-16-10/h4-5,8H,3,6-7H2,1-2H3,(H,14,15). The van der Waals surface area contributed by atoms with Gasteiger partial charge in [0.1, 0.15) is 11.3 Å². The molecule has 1 unspecified atom stereocenters. The third kappa shape index (κ3) is 3.43. The molecule has 0 aliphatic rings. The maximum absolute atomic E-state index is 11.6. The van der Waals surface area contributed by atoms with E-state index < -0.39 is 5.54 Å². The highest BCUT2D eigenvalue weighted by Crippen LogP contribution is 2.09.